The largest absolute Gasteiger partial charge is 0.478 e. The van der Waals surface area contributed by atoms with Gasteiger partial charge in [0.2, 0.25) is 0 Å². The van der Waals surface area contributed by atoms with Crippen molar-refractivity contribution in [3.8, 4) is 0 Å². The number of ether oxygens (including phenoxy) is 1. The Hall–Kier alpha value is -2.38. The molecular weight excluding hydrogens is 379 g/mol. The Morgan fingerprint density at radius 2 is 2.04 bits per heavy atom. The zero-order valence-electron chi connectivity index (χ0n) is 15.2. The van der Waals surface area contributed by atoms with Crippen LogP contribution in [0.4, 0.5) is 4.39 Å². The van der Waals surface area contributed by atoms with Gasteiger partial charge in [-0.25, -0.2) is 14.2 Å². The number of nitrogens with zero attached hydrogens (tertiary/aromatic N) is 1. The molecule has 2 aliphatic heterocycles. The molecule has 28 heavy (non-hydrogen) atoms. The van der Waals surface area contributed by atoms with Crippen molar-refractivity contribution in [2.45, 2.75) is 24.5 Å². The predicted molar refractivity (Wildman–Crippen MR) is 107 cm³/mol. The number of rotatable bonds is 4. The molecule has 3 atom stereocenters. The average Bonchev–Trinajstić information content (AvgIpc) is 2.68. The molecule has 7 heteroatoms. The Kier molecular flexibility index (Phi) is 5.12. The number of nitrogens with two attached hydrogens (primary N) is 1. The van der Waals surface area contributed by atoms with Crippen LogP contribution in [0.25, 0.3) is 0 Å². The number of hydrogen-bond acceptors (Lipinski definition) is 5. The van der Waals surface area contributed by atoms with Crippen LogP contribution in [0.3, 0.4) is 0 Å². The van der Waals surface area contributed by atoms with Crippen molar-refractivity contribution in [2.24, 2.45) is 16.6 Å². The molecule has 2 aromatic carbocycles. The number of hydrogen-bond donors (Lipinski definition) is 2. The molecule has 1 fully saturated rings. The van der Waals surface area contributed by atoms with Gasteiger partial charge in [0.15, 0.2) is 5.17 Å². The maximum absolute atomic E-state index is 14.6. The number of amidine groups is 1. The lowest BCUT2D eigenvalue weighted by Crippen LogP contribution is -2.50. The van der Waals surface area contributed by atoms with Crippen molar-refractivity contribution >= 4 is 22.9 Å². The van der Waals surface area contributed by atoms with Crippen LogP contribution in [0.15, 0.2) is 53.5 Å². The Balaban J connectivity index is 1.62. The predicted octanol–water partition coefficient (Wildman–Crippen LogP) is 3.43. The quantitative estimate of drug-likeness (QED) is 0.821. The second kappa shape index (κ2) is 7.56. The SMILES string of the molecule is NC1=N[C@@]2(c3ccccc3F)CO[C@@H](Cc3ccccc3C(=O)O)C[C@H]2CS1. The van der Waals surface area contributed by atoms with Crippen LogP contribution in [0.1, 0.15) is 27.9 Å². The average molecular weight is 400 g/mol. The molecule has 0 unspecified atom stereocenters. The number of benzene rings is 2. The van der Waals surface area contributed by atoms with Crippen LogP contribution < -0.4 is 5.73 Å². The Labute approximate surface area is 166 Å². The van der Waals surface area contributed by atoms with Gasteiger partial charge in [-0.3, -0.25) is 0 Å². The summed E-state index contributed by atoms with van der Waals surface area (Å²) in [6.07, 6.45) is 1.00. The summed E-state index contributed by atoms with van der Waals surface area (Å²) in [5.41, 5.74) is 6.70. The fourth-order valence-corrected chi connectivity index (χ4v) is 5.16. The molecule has 0 aromatic heterocycles. The highest BCUT2D eigenvalue weighted by atomic mass is 32.2. The number of carbonyl (C=O) groups is 1. The number of fused-ring (bicyclic) bond motifs is 1. The van der Waals surface area contributed by atoms with E-state index in [1.807, 2.05) is 12.1 Å². The first-order chi connectivity index (χ1) is 13.5. The number of carboxylic acids is 1. The van der Waals surface area contributed by atoms with Crippen LogP contribution in [0, 0.1) is 11.7 Å². The smallest absolute Gasteiger partial charge is 0.335 e. The van der Waals surface area contributed by atoms with Crippen LogP contribution in [0.2, 0.25) is 0 Å². The molecule has 2 aliphatic rings. The standard InChI is InChI=1S/C21H21FN2O3S/c22-18-8-4-3-7-17(18)21-12-27-15(10-14(21)11-28-20(23)24-21)9-13-5-1-2-6-16(13)19(25)26/h1-8,14-15H,9-12H2,(H2,23,24)(H,25,26)/t14-,15-,21-/m0/s1. The summed E-state index contributed by atoms with van der Waals surface area (Å²) in [7, 11) is 0. The number of aromatic carboxylic acids is 1. The van der Waals surface area contributed by atoms with Gasteiger partial charge in [0.1, 0.15) is 11.4 Å². The van der Waals surface area contributed by atoms with E-state index in [9.17, 15) is 14.3 Å². The number of thioether (sulfide) groups is 1. The van der Waals surface area contributed by atoms with E-state index in [0.717, 1.165) is 11.3 Å². The van der Waals surface area contributed by atoms with Crippen LogP contribution in [-0.2, 0) is 16.7 Å². The molecule has 2 heterocycles. The van der Waals surface area contributed by atoms with Gasteiger partial charge in [-0.15, -0.1) is 0 Å². The third-order valence-corrected chi connectivity index (χ3v) is 6.50. The summed E-state index contributed by atoms with van der Waals surface area (Å²) >= 11 is 1.47. The highest BCUT2D eigenvalue weighted by molar-refractivity contribution is 8.13. The maximum Gasteiger partial charge on any atom is 0.335 e. The van der Waals surface area contributed by atoms with Crippen molar-refractivity contribution in [2.75, 3.05) is 12.4 Å². The second-order valence-electron chi connectivity index (χ2n) is 7.20. The number of halogens is 1. The molecule has 5 nitrogen and oxygen atoms in total. The monoisotopic (exact) mass is 400 g/mol. The van der Waals surface area contributed by atoms with Gasteiger partial charge in [-0.1, -0.05) is 48.2 Å². The van der Waals surface area contributed by atoms with Crippen molar-refractivity contribution in [1.29, 1.82) is 0 Å². The van der Waals surface area contributed by atoms with Crippen LogP contribution >= 0.6 is 11.8 Å². The summed E-state index contributed by atoms with van der Waals surface area (Å²) in [6.45, 7) is 0.222. The van der Waals surface area contributed by atoms with Gasteiger partial charge in [-0.05, 0) is 30.5 Å². The lowest BCUT2D eigenvalue weighted by atomic mass is 9.74. The van der Waals surface area contributed by atoms with Gasteiger partial charge >= 0.3 is 5.97 Å². The van der Waals surface area contributed by atoms with Gasteiger partial charge in [0.05, 0.1) is 18.3 Å². The molecule has 146 valence electrons. The van der Waals surface area contributed by atoms with Crippen molar-refractivity contribution in [1.82, 2.24) is 0 Å². The van der Waals surface area contributed by atoms with Crippen LogP contribution in [0.5, 0.6) is 0 Å². The van der Waals surface area contributed by atoms with E-state index >= 15 is 0 Å². The van der Waals surface area contributed by atoms with E-state index in [1.54, 1.807) is 30.3 Å². The van der Waals surface area contributed by atoms with Crippen LogP contribution in [-0.4, -0.2) is 34.7 Å². The lowest BCUT2D eigenvalue weighted by Gasteiger charge is -2.46. The van der Waals surface area contributed by atoms with E-state index in [0.29, 0.717) is 23.6 Å². The third-order valence-electron chi connectivity index (χ3n) is 5.54. The minimum Gasteiger partial charge on any atom is -0.478 e. The first-order valence-corrected chi connectivity index (χ1v) is 10.1. The fourth-order valence-electron chi connectivity index (χ4n) is 4.15. The molecule has 0 spiro atoms. The van der Waals surface area contributed by atoms with E-state index in [2.05, 4.69) is 4.99 Å². The van der Waals surface area contributed by atoms with Crippen molar-refractivity contribution < 1.29 is 19.0 Å². The summed E-state index contributed by atoms with van der Waals surface area (Å²) in [6, 6.07) is 13.6. The maximum atomic E-state index is 14.6. The fraction of sp³-hybridized carbons (Fsp3) is 0.333. The minimum atomic E-state index is -0.947. The van der Waals surface area contributed by atoms with E-state index in [4.69, 9.17) is 10.5 Å². The van der Waals surface area contributed by atoms with Gasteiger partial charge in [-0.2, -0.15) is 0 Å². The highest BCUT2D eigenvalue weighted by Crippen LogP contribution is 2.46. The van der Waals surface area contributed by atoms with Crippen molar-refractivity contribution in [3.05, 3.63) is 71.0 Å². The highest BCUT2D eigenvalue weighted by Gasteiger charge is 2.49. The molecular formula is C21H21FN2O3S. The number of aliphatic imine (C=N–C) groups is 1. The topological polar surface area (TPSA) is 84.9 Å². The zero-order valence-corrected chi connectivity index (χ0v) is 16.0. The summed E-state index contributed by atoms with van der Waals surface area (Å²) in [4.78, 5) is 16.1. The van der Waals surface area contributed by atoms with Gasteiger partial charge in [0.25, 0.3) is 0 Å². The Morgan fingerprint density at radius 3 is 2.82 bits per heavy atom. The molecule has 4 rings (SSSR count). The molecule has 0 radical (unpaired) electrons. The Bertz CT molecular complexity index is 935. The first kappa shape index (κ1) is 19.0. The van der Waals surface area contributed by atoms with E-state index in [-0.39, 0.29) is 30.0 Å². The molecule has 0 amide bonds. The minimum absolute atomic E-state index is 0.0532. The lowest BCUT2D eigenvalue weighted by molar-refractivity contribution is -0.0561. The van der Waals surface area contributed by atoms with Gasteiger partial charge < -0.3 is 15.6 Å². The normalized spacial score (nSPS) is 27.0. The molecule has 0 saturated carbocycles. The molecule has 3 N–H and O–H groups in total. The van der Waals surface area contributed by atoms with E-state index in [1.165, 1.54) is 17.8 Å². The molecule has 0 aliphatic carbocycles. The van der Waals surface area contributed by atoms with E-state index < -0.39 is 11.5 Å². The molecule has 2 aromatic rings. The summed E-state index contributed by atoms with van der Waals surface area (Å²) in [5.74, 6) is -0.478. The molecule has 0 bridgehead atoms. The zero-order chi connectivity index (χ0) is 19.7. The first-order valence-electron chi connectivity index (χ1n) is 9.15. The number of carboxylic acid groups (broad SMARTS) is 1. The summed E-state index contributed by atoms with van der Waals surface area (Å²) < 4.78 is 20.7. The Morgan fingerprint density at radius 1 is 1.29 bits per heavy atom. The molecule has 1 saturated heterocycles. The second-order valence-corrected chi connectivity index (χ2v) is 8.24. The van der Waals surface area contributed by atoms with Crippen molar-refractivity contribution in [3.63, 3.8) is 0 Å². The third kappa shape index (κ3) is 3.40. The summed E-state index contributed by atoms with van der Waals surface area (Å²) in [5, 5.41) is 9.86. The van der Waals surface area contributed by atoms with Gasteiger partial charge in [0, 0.05) is 17.2 Å².